The molecule has 0 saturated carbocycles. The van der Waals surface area contributed by atoms with Crippen LogP contribution in [-0.4, -0.2) is 38.9 Å². The first-order valence-corrected chi connectivity index (χ1v) is 7.64. The van der Waals surface area contributed by atoms with Gasteiger partial charge in [-0.15, -0.1) is 0 Å². The third kappa shape index (κ3) is 3.92. The number of rotatable bonds is 6. The SMILES string of the molecule is CN(C)S(=O)(=O)c1ccccc1NC(C)(C)CCN. The lowest BCUT2D eigenvalue weighted by molar-refractivity contribution is 0.515. The number of benzene rings is 1. The first-order valence-electron chi connectivity index (χ1n) is 6.20. The minimum atomic E-state index is -3.46. The second-order valence-corrected chi connectivity index (χ2v) is 7.45. The molecule has 0 aliphatic carbocycles. The van der Waals surface area contributed by atoms with E-state index in [9.17, 15) is 8.42 Å². The highest BCUT2D eigenvalue weighted by Crippen LogP contribution is 2.26. The fourth-order valence-corrected chi connectivity index (χ4v) is 2.82. The van der Waals surface area contributed by atoms with Gasteiger partial charge in [0.05, 0.1) is 5.69 Å². The number of anilines is 1. The molecule has 0 unspecified atom stereocenters. The van der Waals surface area contributed by atoms with E-state index in [1.165, 1.54) is 18.4 Å². The molecule has 0 radical (unpaired) electrons. The fraction of sp³-hybridized carbons (Fsp3) is 0.538. The molecule has 6 heteroatoms. The molecular weight excluding hydrogens is 262 g/mol. The van der Waals surface area contributed by atoms with Crippen LogP contribution in [0.4, 0.5) is 5.69 Å². The number of nitrogens with one attached hydrogen (secondary N) is 1. The zero-order valence-electron chi connectivity index (χ0n) is 12.0. The minimum Gasteiger partial charge on any atom is -0.379 e. The summed E-state index contributed by atoms with van der Waals surface area (Å²) in [5, 5.41) is 3.26. The summed E-state index contributed by atoms with van der Waals surface area (Å²) in [6, 6.07) is 6.91. The molecule has 1 rings (SSSR count). The van der Waals surface area contributed by atoms with Crippen LogP contribution < -0.4 is 11.1 Å². The van der Waals surface area contributed by atoms with Gasteiger partial charge in [0.25, 0.3) is 0 Å². The zero-order valence-corrected chi connectivity index (χ0v) is 12.8. The van der Waals surface area contributed by atoms with Crippen molar-refractivity contribution < 1.29 is 8.42 Å². The third-order valence-electron chi connectivity index (χ3n) is 2.89. The van der Waals surface area contributed by atoms with Gasteiger partial charge in [0.1, 0.15) is 4.90 Å². The lowest BCUT2D eigenvalue weighted by atomic mass is 10.0. The second-order valence-electron chi connectivity index (χ2n) is 5.33. The fourth-order valence-electron chi connectivity index (χ4n) is 1.78. The van der Waals surface area contributed by atoms with Gasteiger partial charge in [-0.25, -0.2) is 12.7 Å². The Morgan fingerprint density at radius 1 is 1.26 bits per heavy atom. The van der Waals surface area contributed by atoms with Crippen LogP contribution in [0.1, 0.15) is 20.3 Å². The van der Waals surface area contributed by atoms with Crippen molar-refractivity contribution in [3.05, 3.63) is 24.3 Å². The van der Waals surface area contributed by atoms with E-state index in [2.05, 4.69) is 5.32 Å². The molecule has 0 aliphatic rings. The Kier molecular flexibility index (Phi) is 4.95. The van der Waals surface area contributed by atoms with Crippen LogP contribution in [0, 0.1) is 0 Å². The van der Waals surface area contributed by atoms with Gasteiger partial charge in [-0.05, 0) is 38.9 Å². The molecule has 0 amide bonds. The van der Waals surface area contributed by atoms with Gasteiger partial charge in [0.15, 0.2) is 0 Å². The standard InChI is InChI=1S/C13H23N3O2S/c1-13(2,9-10-14)15-11-7-5-6-8-12(11)19(17,18)16(3)4/h5-8,15H,9-10,14H2,1-4H3. The summed E-state index contributed by atoms with van der Waals surface area (Å²) < 4.78 is 25.7. The molecule has 0 aliphatic heterocycles. The van der Waals surface area contributed by atoms with Crippen molar-refractivity contribution in [2.24, 2.45) is 5.73 Å². The van der Waals surface area contributed by atoms with Crippen molar-refractivity contribution >= 4 is 15.7 Å². The highest BCUT2D eigenvalue weighted by molar-refractivity contribution is 7.89. The summed E-state index contributed by atoms with van der Waals surface area (Å²) in [5.74, 6) is 0. The Bertz CT molecular complexity index is 524. The van der Waals surface area contributed by atoms with E-state index in [4.69, 9.17) is 5.73 Å². The highest BCUT2D eigenvalue weighted by Gasteiger charge is 2.24. The van der Waals surface area contributed by atoms with Crippen LogP contribution in [0.5, 0.6) is 0 Å². The lowest BCUT2D eigenvalue weighted by Crippen LogP contribution is -2.34. The molecule has 5 nitrogen and oxygen atoms in total. The van der Waals surface area contributed by atoms with Gasteiger partial charge < -0.3 is 11.1 Å². The van der Waals surface area contributed by atoms with E-state index in [-0.39, 0.29) is 10.4 Å². The molecule has 3 N–H and O–H groups in total. The third-order valence-corrected chi connectivity index (χ3v) is 4.76. The van der Waals surface area contributed by atoms with E-state index in [0.717, 1.165) is 6.42 Å². The molecule has 0 fully saturated rings. The quantitative estimate of drug-likeness (QED) is 0.830. The molecule has 0 saturated heterocycles. The monoisotopic (exact) mass is 285 g/mol. The van der Waals surface area contributed by atoms with E-state index in [1.807, 2.05) is 19.9 Å². The second kappa shape index (κ2) is 5.90. The summed E-state index contributed by atoms with van der Waals surface area (Å²) in [6.45, 7) is 4.54. The van der Waals surface area contributed by atoms with Crippen molar-refractivity contribution in [1.29, 1.82) is 0 Å². The normalized spacial score (nSPS) is 12.7. The smallest absolute Gasteiger partial charge is 0.244 e. The van der Waals surface area contributed by atoms with E-state index < -0.39 is 10.0 Å². The Balaban J connectivity index is 3.18. The highest BCUT2D eigenvalue weighted by atomic mass is 32.2. The van der Waals surface area contributed by atoms with Gasteiger partial charge in [0.2, 0.25) is 10.0 Å². The van der Waals surface area contributed by atoms with Crippen molar-refractivity contribution in [3.8, 4) is 0 Å². The Labute approximate surface area is 115 Å². The number of para-hydroxylation sites is 1. The first kappa shape index (κ1) is 15.9. The van der Waals surface area contributed by atoms with Crippen molar-refractivity contribution in [2.45, 2.75) is 30.7 Å². The van der Waals surface area contributed by atoms with E-state index in [0.29, 0.717) is 12.2 Å². The lowest BCUT2D eigenvalue weighted by Gasteiger charge is -2.28. The summed E-state index contributed by atoms with van der Waals surface area (Å²) in [7, 11) is -0.405. The number of sulfonamides is 1. The maximum absolute atomic E-state index is 12.3. The summed E-state index contributed by atoms with van der Waals surface area (Å²) in [4.78, 5) is 0.282. The topological polar surface area (TPSA) is 75.4 Å². The minimum absolute atomic E-state index is 0.257. The summed E-state index contributed by atoms with van der Waals surface area (Å²) in [5.41, 5.74) is 5.92. The van der Waals surface area contributed by atoms with Gasteiger partial charge in [-0.2, -0.15) is 0 Å². The maximum atomic E-state index is 12.3. The predicted molar refractivity (Wildman–Crippen MR) is 78.7 cm³/mol. The summed E-state index contributed by atoms with van der Waals surface area (Å²) in [6.07, 6.45) is 0.753. The Morgan fingerprint density at radius 3 is 2.37 bits per heavy atom. The van der Waals surface area contributed by atoms with Gasteiger partial charge >= 0.3 is 0 Å². The van der Waals surface area contributed by atoms with Crippen molar-refractivity contribution in [3.63, 3.8) is 0 Å². The zero-order chi connectivity index (χ0) is 14.7. The number of nitrogens with two attached hydrogens (primary N) is 1. The molecule has 108 valence electrons. The van der Waals surface area contributed by atoms with Crippen LogP contribution >= 0.6 is 0 Å². The molecule has 0 bridgehead atoms. The van der Waals surface area contributed by atoms with Crippen molar-refractivity contribution in [2.75, 3.05) is 26.0 Å². The first-order chi connectivity index (χ1) is 8.70. The molecule has 1 aromatic carbocycles. The van der Waals surface area contributed by atoms with Crippen LogP contribution in [0.25, 0.3) is 0 Å². The van der Waals surface area contributed by atoms with Crippen LogP contribution in [0.3, 0.4) is 0 Å². The largest absolute Gasteiger partial charge is 0.379 e. The number of nitrogens with zero attached hydrogens (tertiary/aromatic N) is 1. The van der Waals surface area contributed by atoms with Gasteiger partial charge in [-0.1, -0.05) is 12.1 Å². The Hall–Kier alpha value is -1.11. The molecule has 0 atom stereocenters. The van der Waals surface area contributed by atoms with Crippen molar-refractivity contribution in [1.82, 2.24) is 4.31 Å². The Morgan fingerprint density at radius 2 is 1.84 bits per heavy atom. The predicted octanol–water partition coefficient (Wildman–Crippen LogP) is 1.48. The van der Waals surface area contributed by atoms with E-state index in [1.54, 1.807) is 18.2 Å². The average molecular weight is 285 g/mol. The summed E-state index contributed by atoms with van der Waals surface area (Å²) >= 11 is 0. The van der Waals surface area contributed by atoms with Crippen LogP contribution in [0.15, 0.2) is 29.2 Å². The molecule has 0 aromatic heterocycles. The molecule has 0 heterocycles. The van der Waals surface area contributed by atoms with Gasteiger partial charge in [-0.3, -0.25) is 0 Å². The number of hydrogen-bond acceptors (Lipinski definition) is 4. The molecule has 19 heavy (non-hydrogen) atoms. The molecular formula is C13H23N3O2S. The molecule has 0 spiro atoms. The van der Waals surface area contributed by atoms with Crippen LogP contribution in [0.2, 0.25) is 0 Å². The average Bonchev–Trinajstić information content (AvgIpc) is 2.28. The van der Waals surface area contributed by atoms with Crippen LogP contribution in [-0.2, 0) is 10.0 Å². The van der Waals surface area contributed by atoms with Gasteiger partial charge in [0, 0.05) is 19.6 Å². The number of hydrogen-bond donors (Lipinski definition) is 2. The maximum Gasteiger partial charge on any atom is 0.244 e. The molecule has 1 aromatic rings. The van der Waals surface area contributed by atoms with E-state index >= 15 is 0 Å².